The predicted molar refractivity (Wildman–Crippen MR) is 146 cm³/mol. The van der Waals surface area contributed by atoms with E-state index in [1.807, 2.05) is 73.9 Å². The number of benzene rings is 2. The number of nitrogens with one attached hydrogen (secondary N) is 2. The molecule has 3 heterocycles. The Morgan fingerprint density at radius 2 is 1.78 bits per heavy atom. The number of anilines is 4. The van der Waals surface area contributed by atoms with Gasteiger partial charge in [0.15, 0.2) is 0 Å². The summed E-state index contributed by atoms with van der Waals surface area (Å²) in [6.07, 6.45) is 6.86. The molecule has 36 heavy (non-hydrogen) atoms. The summed E-state index contributed by atoms with van der Waals surface area (Å²) in [6, 6.07) is 17.8. The van der Waals surface area contributed by atoms with Gasteiger partial charge < -0.3 is 20.4 Å². The van der Waals surface area contributed by atoms with Gasteiger partial charge in [0, 0.05) is 49.0 Å². The first-order valence-corrected chi connectivity index (χ1v) is 12.1. The molecule has 0 bridgehead atoms. The Balaban J connectivity index is 1.38. The smallest absolute Gasteiger partial charge is 0.248 e. The number of nitrogens with zero attached hydrogens (tertiary/aromatic N) is 5. The first kappa shape index (κ1) is 23.4. The van der Waals surface area contributed by atoms with E-state index in [1.54, 1.807) is 6.08 Å². The van der Waals surface area contributed by atoms with E-state index in [-0.39, 0.29) is 5.91 Å². The lowest BCUT2D eigenvalue weighted by atomic mass is 10.0. The second kappa shape index (κ2) is 10.5. The molecule has 1 amide bonds. The normalized spacial score (nSPS) is 14.3. The van der Waals surface area contributed by atoms with Crippen LogP contribution in [0.4, 0.5) is 23.1 Å². The van der Waals surface area contributed by atoms with E-state index < -0.39 is 0 Å². The van der Waals surface area contributed by atoms with Crippen LogP contribution in [0.2, 0.25) is 0 Å². The Kier molecular flexibility index (Phi) is 6.86. The largest absolute Gasteiger partial charge is 0.354 e. The minimum absolute atomic E-state index is 0.159. The van der Waals surface area contributed by atoms with Crippen molar-refractivity contribution in [2.45, 2.75) is 6.92 Å². The number of likely N-dealkylation sites (N-methyl/N-ethyl adjacent to an activating group) is 1. The molecule has 5 rings (SSSR count). The molecule has 182 valence electrons. The Morgan fingerprint density at radius 1 is 0.944 bits per heavy atom. The van der Waals surface area contributed by atoms with Gasteiger partial charge in [-0.25, -0.2) is 15.0 Å². The van der Waals surface area contributed by atoms with Gasteiger partial charge in [-0.15, -0.1) is 0 Å². The molecule has 0 atom stereocenters. The molecule has 1 saturated heterocycles. The number of fused-ring (bicyclic) bond motifs is 1. The van der Waals surface area contributed by atoms with E-state index in [0.29, 0.717) is 5.95 Å². The zero-order valence-corrected chi connectivity index (χ0v) is 20.5. The summed E-state index contributed by atoms with van der Waals surface area (Å²) in [4.78, 5) is 30.6. The van der Waals surface area contributed by atoms with E-state index in [0.717, 1.165) is 65.4 Å². The summed E-state index contributed by atoms with van der Waals surface area (Å²) in [7, 11) is 2.15. The third kappa shape index (κ3) is 5.34. The van der Waals surface area contributed by atoms with Gasteiger partial charge in [0.05, 0.1) is 17.4 Å². The molecular weight excluding hydrogens is 450 g/mol. The van der Waals surface area contributed by atoms with Crippen LogP contribution in [0.15, 0.2) is 79.1 Å². The number of hydrogen-bond donors (Lipinski definition) is 2. The van der Waals surface area contributed by atoms with E-state index in [2.05, 4.69) is 37.4 Å². The average molecular weight is 480 g/mol. The summed E-state index contributed by atoms with van der Waals surface area (Å²) in [6.45, 7) is 5.86. The molecule has 8 heteroatoms. The van der Waals surface area contributed by atoms with Crippen LogP contribution in [0.5, 0.6) is 0 Å². The minimum Gasteiger partial charge on any atom is -0.354 e. The Labute approximate surface area is 210 Å². The van der Waals surface area contributed by atoms with Crippen molar-refractivity contribution in [3.05, 3.63) is 79.1 Å². The lowest BCUT2D eigenvalue weighted by molar-refractivity contribution is -0.111. The molecule has 4 aromatic rings. The highest BCUT2D eigenvalue weighted by Crippen LogP contribution is 2.30. The van der Waals surface area contributed by atoms with Crippen LogP contribution in [0.25, 0.3) is 22.0 Å². The third-order valence-corrected chi connectivity index (χ3v) is 6.20. The number of amides is 1. The number of allylic oxidation sites excluding steroid dienone is 1. The fraction of sp³-hybridized carbons (Fsp3) is 0.214. The fourth-order valence-electron chi connectivity index (χ4n) is 4.26. The van der Waals surface area contributed by atoms with Crippen molar-refractivity contribution < 1.29 is 4.79 Å². The second-order valence-corrected chi connectivity index (χ2v) is 8.83. The number of carbonyl (C=O) groups excluding carboxylic acids is 1. The molecule has 1 aliphatic heterocycles. The van der Waals surface area contributed by atoms with Gasteiger partial charge in [0.1, 0.15) is 5.82 Å². The van der Waals surface area contributed by atoms with Crippen molar-refractivity contribution in [1.82, 2.24) is 19.9 Å². The maximum atomic E-state index is 12.0. The molecule has 1 fully saturated rings. The molecular formula is C28H29N7O. The highest BCUT2D eigenvalue weighted by atomic mass is 16.1. The molecule has 0 unspecified atom stereocenters. The first-order chi connectivity index (χ1) is 17.6. The van der Waals surface area contributed by atoms with Crippen molar-refractivity contribution in [2.75, 3.05) is 48.8 Å². The second-order valence-electron chi connectivity index (χ2n) is 8.83. The number of piperazine rings is 1. The molecule has 2 N–H and O–H groups in total. The predicted octanol–water partition coefficient (Wildman–Crippen LogP) is 4.70. The van der Waals surface area contributed by atoms with E-state index in [4.69, 9.17) is 4.98 Å². The van der Waals surface area contributed by atoms with E-state index >= 15 is 0 Å². The summed E-state index contributed by atoms with van der Waals surface area (Å²) >= 11 is 0. The zero-order chi connectivity index (χ0) is 24.9. The fourth-order valence-corrected chi connectivity index (χ4v) is 4.26. The number of aromatic nitrogens is 3. The molecule has 0 radical (unpaired) electrons. The van der Waals surface area contributed by atoms with Crippen molar-refractivity contribution >= 4 is 40.0 Å². The molecule has 2 aromatic carbocycles. The van der Waals surface area contributed by atoms with Crippen molar-refractivity contribution in [3.8, 4) is 11.1 Å². The van der Waals surface area contributed by atoms with Crippen LogP contribution in [0.1, 0.15) is 6.92 Å². The van der Waals surface area contributed by atoms with Gasteiger partial charge >= 0.3 is 0 Å². The lowest BCUT2D eigenvalue weighted by Gasteiger charge is -2.33. The molecule has 0 spiro atoms. The van der Waals surface area contributed by atoms with Crippen LogP contribution >= 0.6 is 0 Å². The standard InChI is InChI=1S/C28H29N7O/c1-3-6-26(36)31-22-9-4-7-20(17-22)24-10-5-8-21-18-30-28(33-27(21)24)32-23-11-12-25(29-19-23)35-15-13-34(2)14-16-35/h3-12,17-19H,13-16H2,1-2H3,(H,31,36)(H,30,32,33). The highest BCUT2D eigenvalue weighted by Gasteiger charge is 2.15. The number of para-hydroxylation sites is 1. The van der Waals surface area contributed by atoms with Gasteiger partial charge in [-0.05, 0) is 49.9 Å². The van der Waals surface area contributed by atoms with Crippen LogP contribution in [0.3, 0.4) is 0 Å². The monoisotopic (exact) mass is 479 g/mol. The number of rotatable bonds is 6. The number of pyridine rings is 1. The SMILES string of the molecule is CC=CC(=O)Nc1cccc(-c2cccc3cnc(Nc4ccc(N5CCN(C)CC5)nc4)nc23)c1. The van der Waals surface area contributed by atoms with Crippen molar-refractivity contribution in [3.63, 3.8) is 0 Å². The number of carbonyl (C=O) groups is 1. The quantitative estimate of drug-likeness (QED) is 0.388. The van der Waals surface area contributed by atoms with Crippen LogP contribution in [-0.4, -0.2) is 59.0 Å². The Morgan fingerprint density at radius 3 is 2.56 bits per heavy atom. The van der Waals surface area contributed by atoms with E-state index in [1.165, 1.54) is 6.08 Å². The zero-order valence-electron chi connectivity index (χ0n) is 20.5. The Hall–Kier alpha value is -4.30. The lowest BCUT2D eigenvalue weighted by Crippen LogP contribution is -2.44. The summed E-state index contributed by atoms with van der Waals surface area (Å²) < 4.78 is 0. The maximum Gasteiger partial charge on any atom is 0.248 e. The highest BCUT2D eigenvalue weighted by molar-refractivity contribution is 6.00. The van der Waals surface area contributed by atoms with Crippen LogP contribution in [0, 0.1) is 0 Å². The van der Waals surface area contributed by atoms with Gasteiger partial charge in [-0.2, -0.15) is 0 Å². The van der Waals surface area contributed by atoms with Gasteiger partial charge in [-0.3, -0.25) is 4.79 Å². The first-order valence-electron chi connectivity index (χ1n) is 12.1. The summed E-state index contributed by atoms with van der Waals surface area (Å²) in [5, 5.41) is 7.11. The maximum absolute atomic E-state index is 12.0. The average Bonchev–Trinajstić information content (AvgIpc) is 2.89. The van der Waals surface area contributed by atoms with Gasteiger partial charge in [0.2, 0.25) is 11.9 Å². The summed E-state index contributed by atoms with van der Waals surface area (Å²) in [5.74, 6) is 1.33. The van der Waals surface area contributed by atoms with Crippen molar-refractivity contribution in [2.24, 2.45) is 0 Å². The number of hydrogen-bond acceptors (Lipinski definition) is 7. The molecule has 0 saturated carbocycles. The van der Waals surface area contributed by atoms with E-state index in [9.17, 15) is 4.79 Å². The third-order valence-electron chi connectivity index (χ3n) is 6.20. The topological polar surface area (TPSA) is 86.3 Å². The molecule has 8 nitrogen and oxygen atoms in total. The molecule has 0 aliphatic carbocycles. The molecule has 2 aromatic heterocycles. The van der Waals surface area contributed by atoms with Crippen LogP contribution in [-0.2, 0) is 4.79 Å². The minimum atomic E-state index is -0.159. The van der Waals surface area contributed by atoms with Gasteiger partial charge in [0.25, 0.3) is 0 Å². The van der Waals surface area contributed by atoms with Crippen molar-refractivity contribution in [1.29, 1.82) is 0 Å². The molecule has 1 aliphatic rings. The summed E-state index contributed by atoms with van der Waals surface area (Å²) in [5.41, 5.74) is 4.31. The Bertz CT molecular complexity index is 1390. The van der Waals surface area contributed by atoms with Crippen LogP contribution < -0.4 is 15.5 Å². The van der Waals surface area contributed by atoms with Gasteiger partial charge in [-0.1, -0.05) is 36.4 Å².